The molecule has 0 aliphatic heterocycles. The molecule has 0 aliphatic carbocycles. The topological polar surface area (TPSA) is 26.3 Å². The van der Waals surface area contributed by atoms with Gasteiger partial charge in [0.25, 0.3) is 0 Å². The average molecular weight is 240 g/mol. The van der Waals surface area contributed by atoms with Crippen LogP contribution in [0.2, 0.25) is 0 Å². The number of carbonyl (C=O) groups is 1. The third-order valence-corrected chi connectivity index (χ3v) is 3.32. The van der Waals surface area contributed by atoms with Crippen molar-refractivity contribution in [1.82, 2.24) is 0 Å². The van der Waals surface area contributed by atoms with Gasteiger partial charge in [-0.15, -0.1) is 0 Å². The van der Waals surface area contributed by atoms with Crippen LogP contribution in [0.3, 0.4) is 0 Å². The maximum absolute atomic E-state index is 11.2. The van der Waals surface area contributed by atoms with Gasteiger partial charge in [0.05, 0.1) is 0 Å². The quantitative estimate of drug-likeness (QED) is 0.316. The molecule has 0 N–H and O–H groups in total. The second-order valence-electron chi connectivity index (χ2n) is 4.95. The largest absolute Gasteiger partial charge is 0.456 e. The fraction of sp³-hybridized carbons (Fsp3) is 0.800. The number of carbonyl (C=O) groups excluding carboxylic acids is 1. The predicted octanol–water partition coefficient (Wildman–Crippen LogP) is 4.63. The normalized spacial score (nSPS) is 14.1. The molecular weight excluding hydrogens is 212 g/mol. The average Bonchev–Trinajstić information content (AvgIpc) is 2.33. The van der Waals surface area contributed by atoms with E-state index in [1.807, 2.05) is 6.92 Å². The second-order valence-corrected chi connectivity index (χ2v) is 4.95. The number of unbranched alkanes of at least 4 members (excludes halogenated alkanes) is 5. The molecule has 0 heterocycles. The van der Waals surface area contributed by atoms with E-state index >= 15 is 0 Å². The highest BCUT2D eigenvalue weighted by atomic mass is 16.6. The minimum Gasteiger partial charge on any atom is -0.456 e. The standard InChI is InChI=1S/C15H28O2/c1-5-8-9-10-11-12-13-15(4,7-3)17-14(16)6-2/h6H,2,5,7-13H2,1,3-4H3. The van der Waals surface area contributed by atoms with Gasteiger partial charge < -0.3 is 4.74 Å². The Hall–Kier alpha value is -0.790. The Kier molecular flexibility index (Phi) is 8.83. The SMILES string of the molecule is C=CC(=O)OC(C)(CC)CCCCCCCC. The van der Waals surface area contributed by atoms with E-state index in [0.29, 0.717) is 0 Å². The first-order valence-corrected chi connectivity index (χ1v) is 6.93. The molecule has 2 heteroatoms. The number of esters is 1. The summed E-state index contributed by atoms with van der Waals surface area (Å²) in [4.78, 5) is 11.2. The van der Waals surface area contributed by atoms with Gasteiger partial charge in [-0.2, -0.15) is 0 Å². The van der Waals surface area contributed by atoms with E-state index in [4.69, 9.17) is 4.74 Å². The number of rotatable bonds is 10. The summed E-state index contributed by atoms with van der Waals surface area (Å²) in [7, 11) is 0. The lowest BCUT2D eigenvalue weighted by Gasteiger charge is -2.27. The molecule has 0 fully saturated rings. The van der Waals surface area contributed by atoms with Crippen LogP contribution >= 0.6 is 0 Å². The van der Waals surface area contributed by atoms with Gasteiger partial charge in [-0.05, 0) is 26.2 Å². The monoisotopic (exact) mass is 240 g/mol. The Balaban J connectivity index is 3.79. The minimum atomic E-state index is -0.309. The summed E-state index contributed by atoms with van der Waals surface area (Å²) in [5.74, 6) is -0.305. The highest BCUT2D eigenvalue weighted by Gasteiger charge is 2.24. The lowest BCUT2D eigenvalue weighted by Crippen LogP contribution is -2.30. The summed E-state index contributed by atoms with van der Waals surface area (Å²) in [6.07, 6.45) is 10.7. The summed E-state index contributed by atoms with van der Waals surface area (Å²) in [6.45, 7) is 9.74. The molecule has 2 nitrogen and oxygen atoms in total. The van der Waals surface area contributed by atoms with Crippen molar-refractivity contribution in [1.29, 1.82) is 0 Å². The number of hydrogen-bond donors (Lipinski definition) is 0. The zero-order chi connectivity index (χ0) is 13.1. The van der Waals surface area contributed by atoms with Crippen LogP contribution in [0.25, 0.3) is 0 Å². The molecule has 17 heavy (non-hydrogen) atoms. The summed E-state index contributed by atoms with van der Waals surface area (Å²) in [5.41, 5.74) is -0.309. The van der Waals surface area contributed by atoms with Crippen LogP contribution in [0.4, 0.5) is 0 Å². The van der Waals surface area contributed by atoms with E-state index < -0.39 is 0 Å². The van der Waals surface area contributed by atoms with Crippen LogP contribution in [0.1, 0.15) is 72.1 Å². The van der Waals surface area contributed by atoms with Gasteiger partial charge in [0.2, 0.25) is 0 Å². The molecule has 0 saturated carbocycles. The van der Waals surface area contributed by atoms with E-state index in [9.17, 15) is 4.79 Å². The molecular formula is C15H28O2. The van der Waals surface area contributed by atoms with E-state index in [2.05, 4.69) is 20.4 Å². The van der Waals surface area contributed by atoms with Gasteiger partial charge in [-0.1, -0.05) is 52.5 Å². The third kappa shape index (κ3) is 8.00. The van der Waals surface area contributed by atoms with E-state index in [-0.39, 0.29) is 11.6 Å². The van der Waals surface area contributed by atoms with Crippen molar-refractivity contribution in [2.75, 3.05) is 0 Å². The Morgan fingerprint density at radius 3 is 2.29 bits per heavy atom. The van der Waals surface area contributed by atoms with Crippen LogP contribution in [-0.2, 0) is 9.53 Å². The molecule has 1 atom stereocenters. The fourth-order valence-corrected chi connectivity index (χ4v) is 1.86. The van der Waals surface area contributed by atoms with Gasteiger partial charge in [-0.25, -0.2) is 4.79 Å². The van der Waals surface area contributed by atoms with Crippen molar-refractivity contribution in [3.8, 4) is 0 Å². The lowest BCUT2D eigenvalue weighted by molar-refractivity contribution is -0.152. The zero-order valence-corrected chi connectivity index (χ0v) is 11.8. The van der Waals surface area contributed by atoms with Crippen LogP contribution in [-0.4, -0.2) is 11.6 Å². The minimum absolute atomic E-state index is 0.305. The smallest absolute Gasteiger partial charge is 0.330 e. The maximum Gasteiger partial charge on any atom is 0.330 e. The van der Waals surface area contributed by atoms with Crippen molar-refractivity contribution < 1.29 is 9.53 Å². The summed E-state index contributed by atoms with van der Waals surface area (Å²) >= 11 is 0. The van der Waals surface area contributed by atoms with Gasteiger partial charge in [0, 0.05) is 6.08 Å². The zero-order valence-electron chi connectivity index (χ0n) is 11.8. The molecule has 0 spiro atoms. The Morgan fingerprint density at radius 2 is 1.76 bits per heavy atom. The van der Waals surface area contributed by atoms with Crippen molar-refractivity contribution in [2.45, 2.75) is 77.7 Å². The molecule has 1 unspecified atom stereocenters. The maximum atomic E-state index is 11.2. The van der Waals surface area contributed by atoms with Crippen molar-refractivity contribution in [2.24, 2.45) is 0 Å². The van der Waals surface area contributed by atoms with Crippen LogP contribution in [0.5, 0.6) is 0 Å². The van der Waals surface area contributed by atoms with Gasteiger partial charge in [0.15, 0.2) is 0 Å². The van der Waals surface area contributed by atoms with Crippen LogP contribution in [0, 0.1) is 0 Å². The van der Waals surface area contributed by atoms with E-state index in [1.165, 1.54) is 38.2 Å². The Morgan fingerprint density at radius 1 is 1.18 bits per heavy atom. The van der Waals surface area contributed by atoms with Gasteiger partial charge in [0.1, 0.15) is 5.60 Å². The first-order valence-electron chi connectivity index (χ1n) is 6.93. The van der Waals surface area contributed by atoms with Gasteiger partial charge >= 0.3 is 5.97 Å². The summed E-state index contributed by atoms with van der Waals surface area (Å²) in [6, 6.07) is 0. The molecule has 0 amide bonds. The number of ether oxygens (including phenoxy) is 1. The summed E-state index contributed by atoms with van der Waals surface area (Å²) < 4.78 is 5.41. The van der Waals surface area contributed by atoms with E-state index in [1.54, 1.807) is 0 Å². The molecule has 0 rings (SSSR count). The fourth-order valence-electron chi connectivity index (χ4n) is 1.86. The highest BCUT2D eigenvalue weighted by molar-refractivity contribution is 5.81. The molecule has 0 aromatic heterocycles. The Labute approximate surface area is 106 Å². The van der Waals surface area contributed by atoms with Crippen molar-refractivity contribution in [3.63, 3.8) is 0 Å². The van der Waals surface area contributed by atoms with Crippen molar-refractivity contribution >= 4 is 5.97 Å². The predicted molar refractivity (Wildman–Crippen MR) is 73.0 cm³/mol. The first-order chi connectivity index (χ1) is 8.08. The molecule has 0 radical (unpaired) electrons. The third-order valence-electron chi connectivity index (χ3n) is 3.32. The first kappa shape index (κ1) is 16.2. The van der Waals surface area contributed by atoms with Crippen molar-refractivity contribution in [3.05, 3.63) is 12.7 Å². The van der Waals surface area contributed by atoms with Crippen LogP contribution in [0.15, 0.2) is 12.7 Å². The molecule has 0 aromatic rings. The molecule has 0 aromatic carbocycles. The van der Waals surface area contributed by atoms with Gasteiger partial charge in [-0.3, -0.25) is 0 Å². The number of hydrogen-bond acceptors (Lipinski definition) is 2. The summed E-state index contributed by atoms with van der Waals surface area (Å²) in [5, 5.41) is 0. The highest BCUT2D eigenvalue weighted by Crippen LogP contribution is 2.23. The van der Waals surface area contributed by atoms with E-state index in [0.717, 1.165) is 19.3 Å². The Bertz CT molecular complexity index is 223. The molecule has 0 bridgehead atoms. The second kappa shape index (κ2) is 9.26. The molecule has 100 valence electrons. The molecule has 0 saturated heterocycles. The molecule has 0 aliphatic rings. The lowest BCUT2D eigenvalue weighted by atomic mass is 9.94. The van der Waals surface area contributed by atoms with Crippen LogP contribution < -0.4 is 0 Å².